The normalized spacial score (nSPS) is 16.0. The molecule has 2 amide bonds. The Kier molecular flexibility index (Phi) is 4.15. The van der Waals surface area contributed by atoms with Gasteiger partial charge < -0.3 is 4.74 Å². The smallest absolute Gasteiger partial charge is 0.343 e. The SMILES string of the molecule is CCN1C(=O)N(c2ccc(Cl)cc2)S(=O)(=O)c2ccc(OC)cc21. The molecule has 0 fully saturated rings. The molecular formula is C16H15ClN2O4S. The maximum Gasteiger partial charge on any atom is 0.343 e. The van der Waals surface area contributed by atoms with Crippen molar-refractivity contribution in [2.45, 2.75) is 11.8 Å². The molecule has 2 aromatic carbocycles. The summed E-state index contributed by atoms with van der Waals surface area (Å²) in [4.78, 5) is 14.3. The van der Waals surface area contributed by atoms with E-state index in [0.29, 0.717) is 23.0 Å². The Balaban J connectivity index is 2.23. The second kappa shape index (κ2) is 5.99. The summed E-state index contributed by atoms with van der Waals surface area (Å²) >= 11 is 5.85. The molecule has 0 unspecified atom stereocenters. The van der Waals surface area contributed by atoms with Gasteiger partial charge in [0.25, 0.3) is 10.0 Å². The molecule has 0 atom stereocenters. The van der Waals surface area contributed by atoms with Crippen LogP contribution in [0.5, 0.6) is 5.75 Å². The standard InChI is InChI=1S/C16H15ClN2O4S/c1-3-18-14-10-13(23-2)8-9-15(14)24(21,22)19(16(18)20)12-6-4-11(17)5-7-12/h4-10H,3H2,1-2H3. The zero-order valence-corrected chi connectivity index (χ0v) is 14.6. The van der Waals surface area contributed by atoms with Gasteiger partial charge in [-0.2, -0.15) is 4.31 Å². The second-order valence-corrected chi connectivity index (χ2v) is 7.30. The number of carbonyl (C=O) groups excluding carboxylic acids is 1. The molecule has 0 saturated carbocycles. The lowest BCUT2D eigenvalue weighted by Crippen LogP contribution is -2.51. The Labute approximate surface area is 145 Å². The summed E-state index contributed by atoms with van der Waals surface area (Å²) < 4.78 is 31.9. The number of sulfonamides is 1. The molecule has 1 heterocycles. The Morgan fingerprint density at radius 1 is 1.12 bits per heavy atom. The lowest BCUT2D eigenvalue weighted by molar-refractivity contribution is 0.254. The van der Waals surface area contributed by atoms with Crippen molar-refractivity contribution in [3.63, 3.8) is 0 Å². The number of ether oxygens (including phenoxy) is 1. The molecular weight excluding hydrogens is 352 g/mol. The molecule has 0 radical (unpaired) electrons. The number of urea groups is 1. The number of rotatable bonds is 3. The third kappa shape index (κ3) is 2.50. The molecule has 3 rings (SSSR count). The highest BCUT2D eigenvalue weighted by Crippen LogP contribution is 2.39. The molecule has 0 N–H and O–H groups in total. The number of benzene rings is 2. The molecule has 0 spiro atoms. The van der Waals surface area contributed by atoms with Crippen molar-refractivity contribution >= 4 is 39.0 Å². The summed E-state index contributed by atoms with van der Waals surface area (Å²) in [6, 6.07) is 9.99. The number of hydrogen-bond donors (Lipinski definition) is 0. The first-order chi connectivity index (χ1) is 11.4. The monoisotopic (exact) mass is 366 g/mol. The molecule has 24 heavy (non-hydrogen) atoms. The van der Waals surface area contributed by atoms with Crippen LogP contribution >= 0.6 is 11.6 Å². The van der Waals surface area contributed by atoms with Crippen LogP contribution in [0.4, 0.5) is 16.2 Å². The van der Waals surface area contributed by atoms with Crippen LogP contribution in [0.1, 0.15) is 6.92 Å². The highest BCUT2D eigenvalue weighted by atomic mass is 35.5. The minimum absolute atomic E-state index is 0.0553. The van der Waals surface area contributed by atoms with Crippen LogP contribution in [0, 0.1) is 0 Å². The van der Waals surface area contributed by atoms with E-state index in [0.717, 1.165) is 4.31 Å². The number of amides is 2. The minimum atomic E-state index is -4.02. The van der Waals surface area contributed by atoms with Crippen molar-refractivity contribution in [1.82, 2.24) is 0 Å². The van der Waals surface area contributed by atoms with Crippen LogP contribution in [0.2, 0.25) is 5.02 Å². The van der Waals surface area contributed by atoms with E-state index in [1.165, 1.54) is 30.2 Å². The Bertz CT molecular complexity index is 897. The summed E-state index contributed by atoms with van der Waals surface area (Å²) in [6.07, 6.45) is 0. The van der Waals surface area contributed by atoms with E-state index in [1.54, 1.807) is 31.2 Å². The topological polar surface area (TPSA) is 66.9 Å². The van der Waals surface area contributed by atoms with E-state index in [1.807, 2.05) is 0 Å². The van der Waals surface area contributed by atoms with Gasteiger partial charge in [-0.15, -0.1) is 0 Å². The average molecular weight is 367 g/mol. The van der Waals surface area contributed by atoms with Gasteiger partial charge in [-0.25, -0.2) is 13.2 Å². The number of hydrogen-bond acceptors (Lipinski definition) is 4. The van der Waals surface area contributed by atoms with Gasteiger partial charge in [-0.1, -0.05) is 11.6 Å². The molecule has 126 valence electrons. The number of fused-ring (bicyclic) bond motifs is 1. The van der Waals surface area contributed by atoms with Crippen LogP contribution in [0.15, 0.2) is 47.4 Å². The van der Waals surface area contributed by atoms with Gasteiger partial charge in [0.05, 0.1) is 18.5 Å². The van der Waals surface area contributed by atoms with Gasteiger partial charge in [0.1, 0.15) is 10.6 Å². The van der Waals surface area contributed by atoms with E-state index < -0.39 is 16.1 Å². The zero-order valence-electron chi connectivity index (χ0n) is 13.1. The second-order valence-electron chi connectivity index (χ2n) is 5.11. The van der Waals surface area contributed by atoms with Gasteiger partial charge in [0.2, 0.25) is 0 Å². The Hall–Kier alpha value is -2.25. The summed E-state index contributed by atoms with van der Waals surface area (Å²) in [6.45, 7) is 2.09. The van der Waals surface area contributed by atoms with Crippen molar-refractivity contribution in [3.8, 4) is 5.75 Å². The van der Waals surface area contributed by atoms with Gasteiger partial charge >= 0.3 is 6.03 Å². The van der Waals surface area contributed by atoms with Crippen LogP contribution in [0.3, 0.4) is 0 Å². The van der Waals surface area contributed by atoms with E-state index >= 15 is 0 Å². The fourth-order valence-electron chi connectivity index (χ4n) is 2.60. The van der Waals surface area contributed by atoms with Crippen molar-refractivity contribution in [2.75, 3.05) is 22.9 Å². The van der Waals surface area contributed by atoms with E-state index in [2.05, 4.69) is 0 Å². The zero-order chi connectivity index (χ0) is 17.5. The Morgan fingerprint density at radius 2 is 1.79 bits per heavy atom. The predicted molar refractivity (Wildman–Crippen MR) is 92.5 cm³/mol. The van der Waals surface area contributed by atoms with Crippen LogP contribution in [0.25, 0.3) is 0 Å². The number of nitrogens with zero attached hydrogens (tertiary/aromatic N) is 2. The number of halogens is 1. The predicted octanol–water partition coefficient (Wildman–Crippen LogP) is 3.50. The van der Waals surface area contributed by atoms with Crippen LogP contribution < -0.4 is 13.9 Å². The maximum absolute atomic E-state index is 13.0. The first-order valence-electron chi connectivity index (χ1n) is 7.20. The van der Waals surface area contributed by atoms with E-state index in [4.69, 9.17) is 16.3 Å². The number of anilines is 2. The molecule has 0 aliphatic carbocycles. The minimum Gasteiger partial charge on any atom is -0.497 e. The van der Waals surface area contributed by atoms with Gasteiger partial charge in [-0.3, -0.25) is 4.90 Å². The number of carbonyl (C=O) groups is 1. The van der Waals surface area contributed by atoms with Crippen molar-refractivity contribution in [2.24, 2.45) is 0 Å². The fraction of sp³-hybridized carbons (Fsp3) is 0.188. The summed E-state index contributed by atoms with van der Waals surface area (Å²) in [5.74, 6) is 0.482. The molecule has 0 saturated heterocycles. The van der Waals surface area contributed by atoms with E-state index in [9.17, 15) is 13.2 Å². The van der Waals surface area contributed by atoms with Gasteiger partial charge in [0.15, 0.2) is 0 Å². The van der Waals surface area contributed by atoms with Crippen molar-refractivity contribution < 1.29 is 17.9 Å². The Morgan fingerprint density at radius 3 is 2.38 bits per heavy atom. The third-order valence-corrected chi connectivity index (χ3v) is 5.76. The molecule has 0 bridgehead atoms. The first-order valence-corrected chi connectivity index (χ1v) is 9.02. The highest BCUT2D eigenvalue weighted by molar-refractivity contribution is 7.94. The molecule has 0 aromatic heterocycles. The fourth-order valence-corrected chi connectivity index (χ4v) is 4.30. The van der Waals surface area contributed by atoms with Crippen LogP contribution in [-0.2, 0) is 10.0 Å². The van der Waals surface area contributed by atoms with Crippen molar-refractivity contribution in [1.29, 1.82) is 0 Å². The molecule has 6 nitrogen and oxygen atoms in total. The largest absolute Gasteiger partial charge is 0.497 e. The van der Waals surface area contributed by atoms with Crippen molar-refractivity contribution in [3.05, 3.63) is 47.5 Å². The molecule has 1 aliphatic rings. The molecule has 2 aromatic rings. The highest BCUT2D eigenvalue weighted by Gasteiger charge is 2.42. The molecule has 8 heteroatoms. The average Bonchev–Trinajstić information content (AvgIpc) is 2.56. The van der Waals surface area contributed by atoms with Gasteiger partial charge in [0, 0.05) is 17.6 Å². The third-order valence-electron chi connectivity index (χ3n) is 3.76. The summed E-state index contributed by atoms with van der Waals surface area (Å²) in [5, 5.41) is 0.457. The summed E-state index contributed by atoms with van der Waals surface area (Å²) in [7, 11) is -2.54. The maximum atomic E-state index is 13.0. The molecule has 1 aliphatic heterocycles. The quantitative estimate of drug-likeness (QED) is 0.833. The lowest BCUT2D eigenvalue weighted by atomic mass is 10.2. The summed E-state index contributed by atoms with van der Waals surface area (Å²) in [5.41, 5.74) is 0.552. The van der Waals surface area contributed by atoms with Gasteiger partial charge in [-0.05, 0) is 43.3 Å². The number of methoxy groups -OCH3 is 1. The van der Waals surface area contributed by atoms with E-state index in [-0.39, 0.29) is 10.6 Å². The first kappa shape index (κ1) is 16.6. The lowest BCUT2D eigenvalue weighted by Gasteiger charge is -2.35. The van der Waals surface area contributed by atoms with Crippen LogP contribution in [-0.4, -0.2) is 28.1 Å².